The summed E-state index contributed by atoms with van der Waals surface area (Å²) in [4.78, 5) is 25.3. The molecule has 1 aromatic carbocycles. The molecule has 1 heterocycles. The van der Waals surface area contributed by atoms with Crippen LogP contribution in [-0.2, 0) is 4.79 Å². The lowest BCUT2D eigenvalue weighted by molar-refractivity contribution is -0.147. The first-order valence-electron chi connectivity index (χ1n) is 6.30. The largest absolute Gasteiger partial charge is 0.399 e. The first-order valence-corrected chi connectivity index (χ1v) is 6.68. The van der Waals surface area contributed by atoms with Crippen molar-refractivity contribution in [1.29, 1.82) is 0 Å². The minimum absolute atomic E-state index is 0.165. The third kappa shape index (κ3) is 3.60. The van der Waals surface area contributed by atoms with Crippen LogP contribution in [0.5, 0.6) is 0 Å². The molecule has 2 rings (SSSR count). The smallest absolute Gasteiger partial charge is 0.368 e. The number of piperazine rings is 1. The van der Waals surface area contributed by atoms with Crippen LogP contribution < -0.4 is 10.6 Å². The minimum atomic E-state index is -3.86. The van der Waals surface area contributed by atoms with E-state index in [0.717, 1.165) is 10.6 Å². The molecule has 21 heavy (non-hydrogen) atoms. The number of carbonyl (C=O) groups is 2. The minimum Gasteiger partial charge on any atom is -0.368 e. The van der Waals surface area contributed by atoms with Gasteiger partial charge in [0.05, 0.1) is 0 Å². The molecule has 1 aliphatic rings. The van der Waals surface area contributed by atoms with E-state index in [2.05, 4.69) is 0 Å². The van der Waals surface area contributed by atoms with Gasteiger partial charge in [0.1, 0.15) is 0 Å². The maximum atomic E-state index is 12.8. The predicted molar refractivity (Wildman–Crippen MR) is 74.6 cm³/mol. The molecule has 0 aromatic heterocycles. The fourth-order valence-corrected chi connectivity index (χ4v) is 2.30. The Bertz CT molecular complexity index is 537. The van der Waals surface area contributed by atoms with Gasteiger partial charge in [-0.15, -0.1) is 0 Å². The van der Waals surface area contributed by atoms with E-state index >= 15 is 0 Å². The van der Waals surface area contributed by atoms with Crippen LogP contribution in [0.3, 0.4) is 0 Å². The van der Waals surface area contributed by atoms with E-state index in [1.54, 1.807) is 24.3 Å². The quantitative estimate of drug-likeness (QED) is 0.854. The SMILES string of the molecule is NC(=O)c1ccc(N2CCN(C(=O)C(F)(F)Cl)CC2)cc1. The fourth-order valence-electron chi connectivity index (χ4n) is 2.18. The zero-order valence-electron chi connectivity index (χ0n) is 11.1. The van der Waals surface area contributed by atoms with E-state index in [9.17, 15) is 18.4 Å². The van der Waals surface area contributed by atoms with Gasteiger partial charge in [-0.1, -0.05) is 0 Å². The highest BCUT2D eigenvalue weighted by Gasteiger charge is 2.40. The molecule has 0 atom stereocenters. The Kier molecular flexibility index (Phi) is 4.32. The van der Waals surface area contributed by atoms with Crippen molar-refractivity contribution in [2.75, 3.05) is 31.1 Å². The monoisotopic (exact) mass is 317 g/mol. The van der Waals surface area contributed by atoms with Crippen molar-refractivity contribution >= 4 is 29.1 Å². The maximum absolute atomic E-state index is 12.8. The summed E-state index contributed by atoms with van der Waals surface area (Å²) in [5.41, 5.74) is 6.39. The summed E-state index contributed by atoms with van der Waals surface area (Å²) in [6, 6.07) is 6.66. The van der Waals surface area contributed by atoms with Crippen molar-refractivity contribution in [1.82, 2.24) is 4.90 Å². The number of anilines is 1. The average molecular weight is 318 g/mol. The topological polar surface area (TPSA) is 66.6 Å². The zero-order chi connectivity index (χ0) is 15.6. The summed E-state index contributed by atoms with van der Waals surface area (Å²) >= 11 is 4.74. The van der Waals surface area contributed by atoms with Crippen molar-refractivity contribution in [3.63, 3.8) is 0 Å². The van der Waals surface area contributed by atoms with Crippen LogP contribution in [0, 0.1) is 0 Å². The van der Waals surface area contributed by atoms with Crippen molar-refractivity contribution in [3.8, 4) is 0 Å². The van der Waals surface area contributed by atoms with E-state index in [-0.39, 0.29) is 13.1 Å². The molecular weight excluding hydrogens is 304 g/mol. The van der Waals surface area contributed by atoms with Crippen LogP contribution in [0.4, 0.5) is 14.5 Å². The number of nitrogens with two attached hydrogens (primary N) is 1. The first-order chi connectivity index (χ1) is 9.79. The van der Waals surface area contributed by atoms with E-state index in [1.165, 1.54) is 0 Å². The van der Waals surface area contributed by atoms with Gasteiger partial charge in [-0.05, 0) is 35.9 Å². The van der Waals surface area contributed by atoms with Crippen LogP contribution >= 0.6 is 11.6 Å². The van der Waals surface area contributed by atoms with Gasteiger partial charge in [0, 0.05) is 37.4 Å². The molecule has 0 bridgehead atoms. The van der Waals surface area contributed by atoms with Crippen molar-refractivity contribution in [3.05, 3.63) is 29.8 Å². The Morgan fingerprint density at radius 3 is 2.05 bits per heavy atom. The molecule has 1 aromatic rings. The standard InChI is InChI=1S/C13H14ClF2N3O2/c14-13(15,16)12(21)19-7-5-18(6-8-19)10-3-1-9(2-4-10)11(17)20/h1-4H,5-8H2,(H2,17,20). The molecular formula is C13H14ClF2N3O2. The molecule has 5 nitrogen and oxygen atoms in total. The number of carbonyl (C=O) groups excluding carboxylic acids is 2. The van der Waals surface area contributed by atoms with Gasteiger partial charge in [0.25, 0.3) is 0 Å². The summed E-state index contributed by atoms with van der Waals surface area (Å²) in [7, 11) is 0. The van der Waals surface area contributed by atoms with Gasteiger partial charge in [-0.2, -0.15) is 8.78 Å². The third-order valence-electron chi connectivity index (χ3n) is 3.33. The third-order valence-corrected chi connectivity index (χ3v) is 3.49. The molecule has 114 valence electrons. The highest BCUT2D eigenvalue weighted by Crippen LogP contribution is 2.24. The Hall–Kier alpha value is -1.89. The number of nitrogens with zero attached hydrogens (tertiary/aromatic N) is 2. The summed E-state index contributed by atoms with van der Waals surface area (Å²) in [5, 5.41) is -3.86. The Morgan fingerprint density at radius 1 is 1.10 bits per heavy atom. The number of amides is 2. The second-order valence-corrected chi connectivity index (χ2v) is 5.16. The van der Waals surface area contributed by atoms with Gasteiger partial charge in [0.2, 0.25) is 5.91 Å². The van der Waals surface area contributed by atoms with Gasteiger partial charge in [-0.3, -0.25) is 9.59 Å². The van der Waals surface area contributed by atoms with Gasteiger partial charge >= 0.3 is 11.3 Å². The first kappa shape index (κ1) is 15.5. The summed E-state index contributed by atoms with van der Waals surface area (Å²) in [6.45, 7) is 1.15. The molecule has 2 N–H and O–H groups in total. The highest BCUT2D eigenvalue weighted by atomic mass is 35.5. The molecule has 0 saturated carbocycles. The van der Waals surface area contributed by atoms with Crippen molar-refractivity contribution in [2.45, 2.75) is 5.38 Å². The normalized spacial score (nSPS) is 16.0. The molecule has 1 saturated heterocycles. The predicted octanol–water partition coefficient (Wildman–Crippen LogP) is 1.27. The molecule has 2 amide bonds. The number of alkyl halides is 3. The maximum Gasteiger partial charge on any atom is 0.399 e. The number of primary amides is 1. The van der Waals surface area contributed by atoms with E-state index in [4.69, 9.17) is 17.3 Å². The van der Waals surface area contributed by atoms with Gasteiger partial charge in [0.15, 0.2) is 0 Å². The van der Waals surface area contributed by atoms with Crippen LogP contribution in [0.1, 0.15) is 10.4 Å². The molecule has 1 fully saturated rings. The van der Waals surface area contributed by atoms with E-state index in [1.807, 2.05) is 4.90 Å². The lowest BCUT2D eigenvalue weighted by atomic mass is 10.1. The van der Waals surface area contributed by atoms with E-state index < -0.39 is 17.2 Å². The number of rotatable bonds is 3. The van der Waals surface area contributed by atoms with Crippen LogP contribution in [0.25, 0.3) is 0 Å². The Balaban J connectivity index is 1.98. The Labute approximate surface area is 125 Å². The summed E-state index contributed by atoms with van der Waals surface area (Å²) in [5.74, 6) is -1.88. The number of halogens is 3. The van der Waals surface area contributed by atoms with Gasteiger partial charge < -0.3 is 15.5 Å². The zero-order valence-corrected chi connectivity index (χ0v) is 11.8. The van der Waals surface area contributed by atoms with Crippen molar-refractivity contribution < 1.29 is 18.4 Å². The summed E-state index contributed by atoms with van der Waals surface area (Å²) in [6.07, 6.45) is 0. The lowest BCUT2D eigenvalue weighted by Gasteiger charge is -2.36. The highest BCUT2D eigenvalue weighted by molar-refractivity contribution is 6.32. The second-order valence-electron chi connectivity index (χ2n) is 4.69. The lowest BCUT2D eigenvalue weighted by Crippen LogP contribution is -2.52. The number of hydrogen-bond donors (Lipinski definition) is 1. The Morgan fingerprint density at radius 2 is 1.62 bits per heavy atom. The molecule has 0 unspecified atom stereocenters. The second kappa shape index (κ2) is 5.85. The fraction of sp³-hybridized carbons (Fsp3) is 0.385. The van der Waals surface area contributed by atoms with Gasteiger partial charge in [-0.25, -0.2) is 0 Å². The van der Waals surface area contributed by atoms with Crippen molar-refractivity contribution in [2.24, 2.45) is 5.73 Å². The average Bonchev–Trinajstić information content (AvgIpc) is 2.46. The molecule has 0 aliphatic carbocycles. The number of benzene rings is 1. The van der Waals surface area contributed by atoms with Crippen LogP contribution in [-0.4, -0.2) is 48.3 Å². The summed E-state index contributed by atoms with van der Waals surface area (Å²) < 4.78 is 25.5. The number of hydrogen-bond acceptors (Lipinski definition) is 3. The molecule has 8 heteroatoms. The molecule has 0 spiro atoms. The molecule has 0 radical (unpaired) electrons. The van der Waals surface area contributed by atoms with Crippen LogP contribution in [0.2, 0.25) is 0 Å². The van der Waals surface area contributed by atoms with E-state index in [0.29, 0.717) is 18.7 Å². The van der Waals surface area contributed by atoms with Crippen LogP contribution in [0.15, 0.2) is 24.3 Å². The molecule has 1 aliphatic heterocycles.